The second-order valence-electron chi connectivity index (χ2n) is 7.94. The normalized spacial score (nSPS) is 11.4. The van der Waals surface area contributed by atoms with Gasteiger partial charge in [-0.05, 0) is 49.1 Å². The summed E-state index contributed by atoms with van der Waals surface area (Å²) in [6, 6.07) is 20.4. The van der Waals surface area contributed by atoms with Crippen LogP contribution in [-0.2, 0) is 6.42 Å². The molecule has 2 aromatic heterocycles. The van der Waals surface area contributed by atoms with Crippen LogP contribution in [0, 0.1) is 20.8 Å². The Labute approximate surface area is 174 Å². The van der Waals surface area contributed by atoms with Gasteiger partial charge in [-0.15, -0.1) is 0 Å². The Morgan fingerprint density at radius 1 is 0.867 bits per heavy atom. The van der Waals surface area contributed by atoms with Gasteiger partial charge in [-0.1, -0.05) is 60.2 Å². The number of aryl methyl sites for hydroxylation is 3. The molecule has 0 spiro atoms. The van der Waals surface area contributed by atoms with Crippen LogP contribution in [0.1, 0.15) is 27.8 Å². The zero-order valence-electron chi connectivity index (χ0n) is 17.3. The van der Waals surface area contributed by atoms with Crippen LogP contribution in [0.4, 0.5) is 0 Å². The summed E-state index contributed by atoms with van der Waals surface area (Å²) in [5.41, 5.74) is 8.15. The second kappa shape index (κ2) is 7.03. The van der Waals surface area contributed by atoms with Crippen LogP contribution in [0.3, 0.4) is 0 Å². The van der Waals surface area contributed by atoms with Gasteiger partial charge in [0.2, 0.25) is 0 Å². The van der Waals surface area contributed by atoms with E-state index >= 15 is 0 Å². The molecular weight excluding hydrogens is 372 g/mol. The Morgan fingerprint density at radius 3 is 2.33 bits per heavy atom. The van der Waals surface area contributed by atoms with Crippen LogP contribution in [0.2, 0.25) is 0 Å². The van der Waals surface area contributed by atoms with Gasteiger partial charge in [-0.2, -0.15) is 0 Å². The Morgan fingerprint density at radius 2 is 1.60 bits per heavy atom. The SMILES string of the molecule is Cc1ccc(-c2coc3c2c(C)cc2oc(=O)c(Cc4ccccc4)c(C)c23)cc1. The summed E-state index contributed by atoms with van der Waals surface area (Å²) in [5.74, 6) is 0. The van der Waals surface area contributed by atoms with Crippen molar-refractivity contribution in [2.75, 3.05) is 0 Å². The molecule has 5 rings (SSSR count). The summed E-state index contributed by atoms with van der Waals surface area (Å²) in [4.78, 5) is 12.8. The fourth-order valence-electron chi connectivity index (χ4n) is 4.24. The van der Waals surface area contributed by atoms with Crippen molar-refractivity contribution in [3.63, 3.8) is 0 Å². The van der Waals surface area contributed by atoms with Gasteiger partial charge in [0.1, 0.15) is 11.2 Å². The first-order valence-electron chi connectivity index (χ1n) is 10.1. The highest BCUT2D eigenvalue weighted by Crippen LogP contribution is 2.39. The third-order valence-corrected chi connectivity index (χ3v) is 5.87. The minimum atomic E-state index is -0.284. The molecule has 2 heterocycles. The van der Waals surface area contributed by atoms with E-state index in [1.165, 1.54) is 5.56 Å². The summed E-state index contributed by atoms with van der Waals surface area (Å²) in [6.45, 7) is 6.10. The molecule has 0 aliphatic carbocycles. The van der Waals surface area contributed by atoms with Gasteiger partial charge in [-0.3, -0.25) is 0 Å². The number of furan rings is 1. The number of rotatable bonds is 3. The molecule has 3 nitrogen and oxygen atoms in total. The zero-order chi connectivity index (χ0) is 20.8. The van der Waals surface area contributed by atoms with Crippen LogP contribution in [0.15, 0.2) is 80.6 Å². The van der Waals surface area contributed by atoms with Crippen molar-refractivity contribution in [1.82, 2.24) is 0 Å². The monoisotopic (exact) mass is 394 g/mol. The lowest BCUT2D eigenvalue weighted by Gasteiger charge is -2.10. The lowest BCUT2D eigenvalue weighted by Crippen LogP contribution is -2.11. The summed E-state index contributed by atoms with van der Waals surface area (Å²) in [7, 11) is 0. The van der Waals surface area contributed by atoms with Crippen LogP contribution in [0.25, 0.3) is 33.1 Å². The highest BCUT2D eigenvalue weighted by atomic mass is 16.4. The van der Waals surface area contributed by atoms with E-state index in [1.807, 2.05) is 56.5 Å². The summed E-state index contributed by atoms with van der Waals surface area (Å²) >= 11 is 0. The molecule has 0 N–H and O–H groups in total. The molecule has 0 saturated carbocycles. The van der Waals surface area contributed by atoms with E-state index in [2.05, 4.69) is 31.2 Å². The van der Waals surface area contributed by atoms with Crippen molar-refractivity contribution in [1.29, 1.82) is 0 Å². The summed E-state index contributed by atoms with van der Waals surface area (Å²) in [5, 5.41) is 1.94. The Bertz CT molecular complexity index is 1440. The molecule has 3 heteroatoms. The van der Waals surface area contributed by atoms with Crippen molar-refractivity contribution in [2.45, 2.75) is 27.2 Å². The van der Waals surface area contributed by atoms with E-state index in [0.29, 0.717) is 17.6 Å². The van der Waals surface area contributed by atoms with Gasteiger partial charge in [0, 0.05) is 22.9 Å². The molecule has 0 radical (unpaired) electrons. The molecule has 0 fully saturated rings. The van der Waals surface area contributed by atoms with Crippen LogP contribution < -0.4 is 5.63 Å². The lowest BCUT2D eigenvalue weighted by molar-refractivity contribution is 0.549. The predicted octanol–water partition coefficient (Wildman–Crippen LogP) is 6.72. The van der Waals surface area contributed by atoms with Crippen LogP contribution in [0.5, 0.6) is 0 Å². The van der Waals surface area contributed by atoms with Crippen LogP contribution in [-0.4, -0.2) is 0 Å². The maximum Gasteiger partial charge on any atom is 0.340 e. The third-order valence-electron chi connectivity index (χ3n) is 5.87. The van der Waals surface area contributed by atoms with Crippen LogP contribution >= 0.6 is 0 Å². The van der Waals surface area contributed by atoms with Gasteiger partial charge in [0.25, 0.3) is 0 Å². The summed E-state index contributed by atoms with van der Waals surface area (Å²) < 4.78 is 11.8. The van der Waals surface area contributed by atoms with Gasteiger partial charge >= 0.3 is 5.63 Å². The predicted molar refractivity (Wildman–Crippen MR) is 121 cm³/mol. The molecule has 0 aliphatic rings. The number of hydrogen-bond donors (Lipinski definition) is 0. The van der Waals surface area contributed by atoms with E-state index in [4.69, 9.17) is 8.83 Å². The first kappa shape index (κ1) is 18.4. The van der Waals surface area contributed by atoms with Gasteiger partial charge in [0.05, 0.1) is 11.6 Å². The van der Waals surface area contributed by atoms with Gasteiger partial charge in [-0.25, -0.2) is 4.79 Å². The fraction of sp³-hybridized carbons (Fsp3) is 0.148. The van der Waals surface area contributed by atoms with Crippen molar-refractivity contribution in [3.8, 4) is 11.1 Å². The number of benzene rings is 3. The van der Waals surface area contributed by atoms with Gasteiger partial charge in [0.15, 0.2) is 0 Å². The van der Waals surface area contributed by atoms with E-state index in [9.17, 15) is 4.79 Å². The molecular formula is C27H22O3. The molecule has 0 saturated heterocycles. The third kappa shape index (κ3) is 2.94. The maximum atomic E-state index is 12.8. The fourth-order valence-corrected chi connectivity index (χ4v) is 4.24. The molecule has 5 aromatic rings. The number of fused-ring (bicyclic) bond motifs is 3. The smallest absolute Gasteiger partial charge is 0.340 e. The molecule has 30 heavy (non-hydrogen) atoms. The molecule has 0 bridgehead atoms. The quantitative estimate of drug-likeness (QED) is 0.319. The minimum absolute atomic E-state index is 0.284. The van der Waals surface area contributed by atoms with E-state index in [0.717, 1.165) is 44.2 Å². The van der Waals surface area contributed by atoms with Crippen molar-refractivity contribution >= 4 is 21.9 Å². The topological polar surface area (TPSA) is 43.4 Å². The average Bonchev–Trinajstić information content (AvgIpc) is 3.18. The second-order valence-corrected chi connectivity index (χ2v) is 7.94. The average molecular weight is 394 g/mol. The molecule has 0 unspecified atom stereocenters. The molecule has 0 aliphatic heterocycles. The van der Waals surface area contributed by atoms with Crippen molar-refractivity contribution in [3.05, 3.63) is 105 Å². The van der Waals surface area contributed by atoms with E-state index < -0.39 is 0 Å². The highest BCUT2D eigenvalue weighted by Gasteiger charge is 2.20. The summed E-state index contributed by atoms with van der Waals surface area (Å²) in [6.07, 6.45) is 2.34. The highest BCUT2D eigenvalue weighted by molar-refractivity contribution is 6.11. The first-order valence-corrected chi connectivity index (χ1v) is 10.1. The first-order chi connectivity index (χ1) is 14.5. The maximum absolute atomic E-state index is 12.8. The molecule has 0 atom stereocenters. The zero-order valence-corrected chi connectivity index (χ0v) is 17.3. The van der Waals surface area contributed by atoms with Crippen molar-refractivity contribution < 1.29 is 8.83 Å². The van der Waals surface area contributed by atoms with Crippen molar-refractivity contribution in [2.24, 2.45) is 0 Å². The van der Waals surface area contributed by atoms with E-state index in [-0.39, 0.29) is 5.63 Å². The Balaban J connectivity index is 1.77. The standard InChI is InChI=1S/C27H22O3/c1-16-9-11-20(12-10-16)22-15-29-26-24(22)17(2)13-23-25(26)18(3)21(27(28)30-23)14-19-7-5-4-6-8-19/h4-13,15H,14H2,1-3H3. The van der Waals surface area contributed by atoms with E-state index in [1.54, 1.807) is 0 Å². The number of hydrogen-bond acceptors (Lipinski definition) is 3. The Hall–Kier alpha value is -3.59. The van der Waals surface area contributed by atoms with Gasteiger partial charge < -0.3 is 8.83 Å². The Kier molecular flexibility index (Phi) is 4.32. The molecule has 148 valence electrons. The molecule has 3 aromatic carbocycles. The molecule has 0 amide bonds. The lowest BCUT2D eigenvalue weighted by atomic mass is 9.95. The largest absolute Gasteiger partial charge is 0.463 e. The minimum Gasteiger partial charge on any atom is -0.463 e.